The molecule has 4 heterocycles. The van der Waals surface area contributed by atoms with Gasteiger partial charge in [0.1, 0.15) is 14.4 Å². The van der Waals surface area contributed by atoms with Gasteiger partial charge in [0.25, 0.3) is 15.6 Å². The number of aromatic nitrogens is 3. The van der Waals surface area contributed by atoms with E-state index in [1.165, 1.54) is 31.7 Å². The van der Waals surface area contributed by atoms with Crippen LogP contribution in [0.25, 0.3) is 10.2 Å². The van der Waals surface area contributed by atoms with Gasteiger partial charge in [0.15, 0.2) is 0 Å². The number of piperidine rings is 1. The summed E-state index contributed by atoms with van der Waals surface area (Å²) in [5.74, 6) is 0. The molecule has 0 bridgehead atoms. The molecule has 25 heavy (non-hydrogen) atoms. The second kappa shape index (κ2) is 6.27. The van der Waals surface area contributed by atoms with Gasteiger partial charge in [-0.3, -0.25) is 4.79 Å². The van der Waals surface area contributed by atoms with Crippen molar-refractivity contribution in [3.63, 3.8) is 0 Å². The molecule has 0 N–H and O–H groups in total. The first-order chi connectivity index (χ1) is 12.0. The summed E-state index contributed by atoms with van der Waals surface area (Å²) in [6, 6.07) is 5.12. The summed E-state index contributed by atoms with van der Waals surface area (Å²) in [5, 5.41) is 9.96. The largest absolute Gasteiger partial charge is 0.287 e. The molecular formula is C15H16N4O3S3. The Morgan fingerprint density at radius 2 is 1.96 bits per heavy atom. The van der Waals surface area contributed by atoms with E-state index in [0.29, 0.717) is 40.4 Å². The smallest absolute Gasteiger partial charge is 0.266 e. The van der Waals surface area contributed by atoms with Crippen LogP contribution in [0.4, 0.5) is 0 Å². The highest BCUT2D eigenvalue weighted by Crippen LogP contribution is 2.29. The minimum atomic E-state index is -3.45. The van der Waals surface area contributed by atoms with Crippen LogP contribution in [0.3, 0.4) is 0 Å². The quantitative estimate of drug-likeness (QED) is 0.678. The fraction of sp³-hybridized carbons (Fsp3) is 0.400. The van der Waals surface area contributed by atoms with Crippen molar-refractivity contribution >= 4 is 42.9 Å². The molecule has 3 aromatic rings. The number of nitrogens with zero attached hydrogens (tertiary/aromatic N) is 4. The van der Waals surface area contributed by atoms with Crippen LogP contribution in [0.2, 0.25) is 0 Å². The monoisotopic (exact) mass is 396 g/mol. The lowest BCUT2D eigenvalue weighted by Crippen LogP contribution is -2.41. The minimum absolute atomic E-state index is 0.122. The summed E-state index contributed by atoms with van der Waals surface area (Å²) in [7, 11) is -3.45. The van der Waals surface area contributed by atoms with E-state index in [9.17, 15) is 13.2 Å². The molecule has 0 spiro atoms. The van der Waals surface area contributed by atoms with Crippen LogP contribution in [-0.4, -0.2) is 40.8 Å². The predicted molar refractivity (Wildman–Crippen MR) is 97.8 cm³/mol. The second-order valence-electron chi connectivity index (χ2n) is 5.97. The van der Waals surface area contributed by atoms with Gasteiger partial charge in [-0.2, -0.15) is 4.31 Å². The highest BCUT2D eigenvalue weighted by molar-refractivity contribution is 7.91. The molecule has 0 radical (unpaired) electrons. The molecule has 3 aromatic heterocycles. The Hall–Kier alpha value is -1.62. The van der Waals surface area contributed by atoms with E-state index >= 15 is 0 Å². The molecular weight excluding hydrogens is 380 g/mol. The van der Waals surface area contributed by atoms with Gasteiger partial charge in [0.05, 0.1) is 6.04 Å². The number of aryl methyl sites for hydroxylation is 1. The van der Waals surface area contributed by atoms with Crippen LogP contribution in [0.1, 0.15) is 23.8 Å². The topological polar surface area (TPSA) is 85.2 Å². The fourth-order valence-electron chi connectivity index (χ4n) is 3.03. The Balaban J connectivity index is 1.55. The van der Waals surface area contributed by atoms with Crippen molar-refractivity contribution in [3.05, 3.63) is 38.8 Å². The first-order valence-corrected chi connectivity index (χ1v) is 11.0. The van der Waals surface area contributed by atoms with Gasteiger partial charge in [-0.05, 0) is 43.3 Å². The van der Waals surface area contributed by atoms with Crippen LogP contribution in [0.15, 0.2) is 32.6 Å². The highest BCUT2D eigenvalue weighted by atomic mass is 32.2. The summed E-state index contributed by atoms with van der Waals surface area (Å²) in [4.78, 5) is 13.5. The summed E-state index contributed by atoms with van der Waals surface area (Å²) < 4.78 is 29.3. The number of hydrogen-bond acceptors (Lipinski definition) is 7. The number of hydrogen-bond donors (Lipinski definition) is 0. The lowest BCUT2D eigenvalue weighted by molar-refractivity contribution is 0.252. The van der Waals surface area contributed by atoms with Crippen molar-refractivity contribution in [2.75, 3.05) is 13.1 Å². The molecule has 1 aliphatic heterocycles. The Kier molecular flexibility index (Phi) is 4.22. The summed E-state index contributed by atoms with van der Waals surface area (Å²) in [6.45, 7) is 2.64. The van der Waals surface area contributed by atoms with E-state index < -0.39 is 10.0 Å². The molecule has 0 atom stereocenters. The van der Waals surface area contributed by atoms with Gasteiger partial charge >= 0.3 is 0 Å². The van der Waals surface area contributed by atoms with Gasteiger partial charge < -0.3 is 0 Å². The number of sulfonamides is 1. The van der Waals surface area contributed by atoms with Crippen LogP contribution >= 0.6 is 22.7 Å². The maximum Gasteiger partial charge on any atom is 0.287 e. The zero-order valence-electron chi connectivity index (χ0n) is 13.5. The highest BCUT2D eigenvalue weighted by Gasteiger charge is 2.31. The molecule has 0 aromatic carbocycles. The van der Waals surface area contributed by atoms with E-state index in [1.807, 2.05) is 18.4 Å². The van der Waals surface area contributed by atoms with Gasteiger partial charge in [-0.25, -0.2) is 13.1 Å². The third kappa shape index (κ3) is 2.92. The Morgan fingerprint density at radius 3 is 2.64 bits per heavy atom. The average Bonchev–Trinajstić information content (AvgIpc) is 3.25. The van der Waals surface area contributed by atoms with E-state index in [2.05, 4.69) is 10.3 Å². The van der Waals surface area contributed by atoms with E-state index in [1.54, 1.807) is 12.1 Å². The average molecular weight is 397 g/mol. The maximum absolute atomic E-state index is 12.7. The third-order valence-corrected chi connectivity index (χ3v) is 8.63. The number of thiophene rings is 2. The molecule has 132 valence electrons. The van der Waals surface area contributed by atoms with Crippen LogP contribution in [0.5, 0.6) is 0 Å². The summed E-state index contributed by atoms with van der Waals surface area (Å²) in [6.07, 6.45) is 1.10. The normalized spacial score (nSPS) is 17.3. The van der Waals surface area contributed by atoms with Crippen molar-refractivity contribution < 1.29 is 8.42 Å². The van der Waals surface area contributed by atoms with Crippen molar-refractivity contribution in [1.82, 2.24) is 19.3 Å². The molecule has 1 saturated heterocycles. The Morgan fingerprint density at radius 1 is 1.20 bits per heavy atom. The maximum atomic E-state index is 12.7. The molecule has 1 aliphatic rings. The molecule has 7 nitrogen and oxygen atoms in total. The summed E-state index contributed by atoms with van der Waals surface area (Å²) >= 11 is 2.64. The molecule has 0 aliphatic carbocycles. The van der Waals surface area contributed by atoms with Gasteiger partial charge in [0, 0.05) is 18.0 Å². The molecule has 1 fully saturated rings. The fourth-order valence-corrected chi connectivity index (χ4v) is 6.69. The second-order valence-corrected chi connectivity index (χ2v) is 10.3. The van der Waals surface area contributed by atoms with E-state index in [-0.39, 0.29) is 11.6 Å². The first kappa shape index (κ1) is 16.8. The van der Waals surface area contributed by atoms with Crippen molar-refractivity contribution in [2.45, 2.75) is 30.0 Å². The minimum Gasteiger partial charge on any atom is -0.266 e. The van der Waals surface area contributed by atoms with Crippen LogP contribution < -0.4 is 5.56 Å². The Bertz CT molecular complexity index is 1070. The molecule has 0 amide bonds. The summed E-state index contributed by atoms with van der Waals surface area (Å²) in [5.41, 5.74) is 0.467. The zero-order chi connectivity index (χ0) is 17.6. The standard InChI is InChI=1S/C15H16N4O3S3/c1-10-2-3-13(24-10)25(21,22)18-7-4-11(5-8-18)19-15(20)14-12(16-17-19)6-9-23-14/h2-3,6,9,11H,4-5,7-8H2,1H3. The SMILES string of the molecule is Cc1ccc(S(=O)(=O)N2CCC(n3nnc4ccsc4c3=O)CC2)s1. The van der Waals surface area contributed by atoms with Crippen LogP contribution in [0, 0.1) is 6.92 Å². The van der Waals surface area contributed by atoms with Gasteiger partial charge in [0.2, 0.25) is 0 Å². The first-order valence-electron chi connectivity index (χ1n) is 7.86. The van der Waals surface area contributed by atoms with Crippen molar-refractivity contribution in [3.8, 4) is 0 Å². The molecule has 4 rings (SSSR count). The van der Waals surface area contributed by atoms with E-state index in [4.69, 9.17) is 0 Å². The van der Waals surface area contributed by atoms with Gasteiger partial charge in [-0.1, -0.05) is 5.21 Å². The lowest BCUT2D eigenvalue weighted by atomic mass is 10.1. The predicted octanol–water partition coefficient (Wildman–Crippen LogP) is 2.25. The third-order valence-electron chi connectivity index (χ3n) is 4.37. The molecule has 0 saturated carbocycles. The number of rotatable bonds is 3. The zero-order valence-corrected chi connectivity index (χ0v) is 15.9. The van der Waals surface area contributed by atoms with E-state index in [0.717, 1.165) is 4.88 Å². The lowest BCUT2D eigenvalue weighted by Gasteiger charge is -2.30. The van der Waals surface area contributed by atoms with Crippen molar-refractivity contribution in [2.24, 2.45) is 0 Å². The molecule has 10 heteroatoms. The van der Waals surface area contributed by atoms with Crippen molar-refractivity contribution in [1.29, 1.82) is 0 Å². The number of fused-ring (bicyclic) bond motifs is 1. The van der Waals surface area contributed by atoms with Gasteiger partial charge in [-0.15, -0.1) is 27.8 Å². The Labute approximate surface area is 152 Å². The molecule has 0 unspecified atom stereocenters. The van der Waals surface area contributed by atoms with Crippen LogP contribution in [-0.2, 0) is 10.0 Å².